The average Bonchev–Trinajstić information content (AvgIpc) is 2.91. The summed E-state index contributed by atoms with van der Waals surface area (Å²) >= 11 is -1.84. The van der Waals surface area contributed by atoms with Crippen LogP contribution in [-0.2, 0) is 0 Å². The van der Waals surface area contributed by atoms with Crippen LogP contribution >= 0.6 is 0 Å². The number of non-ortho nitro benzene ring substituents is 2. The van der Waals surface area contributed by atoms with E-state index in [2.05, 4.69) is 9.98 Å². The van der Waals surface area contributed by atoms with E-state index in [1.165, 1.54) is 12.1 Å². The first kappa shape index (κ1) is 25.7. The molecule has 0 amide bonds. The summed E-state index contributed by atoms with van der Waals surface area (Å²) in [6.45, 7) is 0. The second-order valence-corrected chi connectivity index (χ2v) is 17.2. The van der Waals surface area contributed by atoms with Crippen molar-refractivity contribution in [2.45, 2.75) is 0 Å². The Morgan fingerprint density at radius 1 is 0.583 bits per heavy atom. The van der Waals surface area contributed by atoms with E-state index in [1.54, 1.807) is 36.7 Å². The fraction of sp³-hybridized carbons (Fsp3) is 0. The van der Waals surface area contributed by atoms with E-state index < -0.39 is 44.0 Å². The topological polar surface area (TPSA) is 111 Å². The molecule has 0 aliphatic heterocycles. The van der Waals surface area contributed by atoms with Crippen LogP contribution in [0, 0.1) is 20.2 Å². The van der Waals surface area contributed by atoms with Crippen LogP contribution in [0.3, 0.4) is 0 Å². The molecule has 10 heteroatoms. The summed E-state index contributed by atoms with van der Waals surface area (Å²) in [6, 6.07) is 28.7. The van der Waals surface area contributed by atoms with Crippen molar-refractivity contribution in [3.63, 3.8) is 0 Å². The Kier molecular flexibility index (Phi) is 8.94. The number of nitrogens with zero attached hydrogens (tertiary/aromatic N) is 4. The van der Waals surface area contributed by atoms with Crippen molar-refractivity contribution in [1.82, 2.24) is 0 Å². The molecule has 178 valence electrons. The van der Waals surface area contributed by atoms with Gasteiger partial charge >= 0.3 is 225 Å². The number of nitro groups is 2. The second-order valence-electron chi connectivity index (χ2n) is 7.32. The first-order chi connectivity index (χ1) is 17.5. The minimum absolute atomic E-state index is 0.0163. The first-order valence-corrected chi connectivity index (χ1v) is 20.3. The Bertz CT molecular complexity index is 1330. The van der Waals surface area contributed by atoms with Gasteiger partial charge in [0.05, 0.1) is 0 Å². The number of aliphatic imine (C=N–C) groups is 2. The molecule has 0 aliphatic rings. The molecule has 0 fully saturated rings. The van der Waals surface area contributed by atoms with E-state index in [9.17, 15) is 20.2 Å². The van der Waals surface area contributed by atoms with Crippen LogP contribution in [0.15, 0.2) is 107 Å². The molecule has 36 heavy (non-hydrogen) atoms. The van der Waals surface area contributed by atoms with Crippen molar-refractivity contribution in [3.8, 4) is 0 Å². The van der Waals surface area contributed by atoms with Crippen molar-refractivity contribution < 1.29 is 9.85 Å². The van der Waals surface area contributed by atoms with Crippen molar-refractivity contribution in [2.24, 2.45) is 9.98 Å². The Hall–Kier alpha value is -3.40. The summed E-state index contributed by atoms with van der Waals surface area (Å²) in [4.78, 5) is 31.2. The molecule has 0 spiro atoms. The second kappa shape index (κ2) is 12.5. The van der Waals surface area contributed by atoms with Crippen molar-refractivity contribution in [3.05, 3.63) is 128 Å². The SMILES string of the molecule is O=[N+]([O-])c1ccc(N=Cc2ccccc2)c([Te][Te]c2cc([N+](=O)[O-])ccc2N=Cc2ccccc2)c1. The normalized spacial score (nSPS) is 11.2. The van der Waals surface area contributed by atoms with Crippen LogP contribution in [0.25, 0.3) is 0 Å². The number of benzene rings is 4. The fourth-order valence-corrected chi connectivity index (χ4v) is 14.2. The third-order valence-electron chi connectivity index (χ3n) is 4.83. The van der Waals surface area contributed by atoms with E-state index >= 15 is 0 Å². The monoisotopic (exact) mass is 710 g/mol. The van der Waals surface area contributed by atoms with Gasteiger partial charge in [0.15, 0.2) is 0 Å². The van der Waals surface area contributed by atoms with Gasteiger partial charge in [-0.2, -0.15) is 0 Å². The third-order valence-corrected chi connectivity index (χ3v) is 16.4. The van der Waals surface area contributed by atoms with Crippen molar-refractivity contribution >= 4 is 76.5 Å². The summed E-state index contributed by atoms with van der Waals surface area (Å²) in [7, 11) is 0. The van der Waals surface area contributed by atoms with Gasteiger partial charge in [-0.05, 0) is 0 Å². The molecule has 0 aliphatic carbocycles. The molecule has 0 aromatic heterocycles. The summed E-state index contributed by atoms with van der Waals surface area (Å²) in [5.41, 5.74) is 3.27. The van der Waals surface area contributed by atoms with Crippen molar-refractivity contribution in [1.29, 1.82) is 0 Å². The molecule has 4 aromatic carbocycles. The molecule has 4 aromatic rings. The van der Waals surface area contributed by atoms with Gasteiger partial charge in [-0.25, -0.2) is 0 Å². The third kappa shape index (κ3) is 7.07. The van der Waals surface area contributed by atoms with Crippen LogP contribution in [0.4, 0.5) is 22.7 Å². The molecular weight excluding hydrogens is 688 g/mol. The number of nitro benzene ring substituents is 2. The van der Waals surface area contributed by atoms with E-state index in [-0.39, 0.29) is 11.4 Å². The molecular formula is C26H18N4O4Te2. The van der Waals surface area contributed by atoms with Crippen LogP contribution in [0.2, 0.25) is 0 Å². The van der Waals surface area contributed by atoms with Gasteiger partial charge in [-0.15, -0.1) is 0 Å². The van der Waals surface area contributed by atoms with Crippen molar-refractivity contribution in [2.75, 3.05) is 0 Å². The predicted octanol–water partition coefficient (Wildman–Crippen LogP) is 4.28. The Morgan fingerprint density at radius 2 is 0.972 bits per heavy atom. The van der Waals surface area contributed by atoms with Gasteiger partial charge in [-0.1, -0.05) is 0 Å². The van der Waals surface area contributed by atoms with E-state index in [0.29, 0.717) is 11.4 Å². The van der Waals surface area contributed by atoms with Crippen LogP contribution in [-0.4, -0.2) is 56.4 Å². The van der Waals surface area contributed by atoms with Gasteiger partial charge in [0.2, 0.25) is 0 Å². The van der Waals surface area contributed by atoms with Gasteiger partial charge in [0.25, 0.3) is 0 Å². The quantitative estimate of drug-likeness (QED) is 0.112. The van der Waals surface area contributed by atoms with Gasteiger partial charge in [0, 0.05) is 0 Å². The maximum absolute atomic E-state index is 11.4. The Morgan fingerprint density at radius 3 is 1.33 bits per heavy atom. The number of rotatable bonds is 9. The number of hydrogen-bond acceptors (Lipinski definition) is 6. The van der Waals surface area contributed by atoms with Gasteiger partial charge in [-0.3, -0.25) is 0 Å². The zero-order chi connectivity index (χ0) is 25.3. The molecule has 0 N–H and O–H groups in total. The van der Waals surface area contributed by atoms with E-state index in [4.69, 9.17) is 0 Å². The van der Waals surface area contributed by atoms with Gasteiger partial charge < -0.3 is 0 Å². The molecule has 0 radical (unpaired) electrons. The minimum atomic E-state index is -0.920. The summed E-state index contributed by atoms with van der Waals surface area (Å²) < 4.78 is 1.71. The van der Waals surface area contributed by atoms with Crippen LogP contribution in [0.5, 0.6) is 0 Å². The molecule has 0 atom stereocenters. The van der Waals surface area contributed by atoms with Gasteiger partial charge in [0.1, 0.15) is 0 Å². The number of hydrogen-bond donors (Lipinski definition) is 0. The van der Waals surface area contributed by atoms with Crippen LogP contribution in [0.1, 0.15) is 11.1 Å². The standard InChI is InChI=1S/C26H18N4O4Te2/c31-29(32)21-11-13-23(27-17-19-7-3-1-4-8-19)25(15-21)35-36-26-16-22(30(33)34)12-14-24(26)28-18-20-9-5-2-6-10-20/h1-18H. The summed E-state index contributed by atoms with van der Waals surface area (Å²) in [5, 5.41) is 22.8. The Labute approximate surface area is 223 Å². The average molecular weight is 706 g/mol. The summed E-state index contributed by atoms with van der Waals surface area (Å²) in [6.07, 6.45) is 3.47. The molecule has 0 saturated heterocycles. The van der Waals surface area contributed by atoms with Crippen LogP contribution < -0.4 is 7.22 Å². The summed E-state index contributed by atoms with van der Waals surface area (Å²) in [5.74, 6) is 0. The first-order valence-electron chi connectivity index (χ1n) is 10.6. The van der Waals surface area contributed by atoms with E-state index in [0.717, 1.165) is 18.3 Å². The van der Waals surface area contributed by atoms with E-state index in [1.807, 2.05) is 60.7 Å². The molecule has 0 heterocycles. The zero-order valence-corrected chi connectivity index (χ0v) is 23.3. The predicted molar refractivity (Wildman–Crippen MR) is 144 cm³/mol. The molecule has 8 nitrogen and oxygen atoms in total. The molecule has 0 unspecified atom stereocenters. The fourth-order valence-electron chi connectivity index (χ4n) is 3.04. The zero-order valence-electron chi connectivity index (χ0n) is 18.6. The maximum atomic E-state index is 11.4. The Balaban J connectivity index is 1.65. The molecule has 0 bridgehead atoms. The molecule has 4 rings (SSSR count). The molecule has 0 saturated carbocycles.